The van der Waals surface area contributed by atoms with Crippen LogP contribution in [0.4, 0.5) is 5.69 Å². The van der Waals surface area contributed by atoms with Gasteiger partial charge in [-0.25, -0.2) is 4.79 Å². The van der Waals surface area contributed by atoms with Crippen LogP contribution in [-0.4, -0.2) is 55.1 Å². The van der Waals surface area contributed by atoms with Crippen LogP contribution in [0.5, 0.6) is 0 Å². The number of ether oxygens (including phenoxy) is 2. The third kappa shape index (κ3) is 5.40. The normalized spacial score (nSPS) is 14.2. The molecule has 0 saturated carbocycles. The summed E-state index contributed by atoms with van der Waals surface area (Å²) in [5.41, 5.74) is 1.67. The van der Waals surface area contributed by atoms with Gasteiger partial charge in [0.2, 0.25) is 0 Å². The Labute approximate surface area is 173 Å². The van der Waals surface area contributed by atoms with Crippen LogP contribution in [0.1, 0.15) is 31.8 Å². The second kappa shape index (κ2) is 9.95. The number of carbonyl (C=O) groups is 2. The van der Waals surface area contributed by atoms with Gasteiger partial charge in [-0.1, -0.05) is 24.3 Å². The minimum Gasteiger partial charge on any atom is -0.465 e. The Bertz CT molecular complexity index is 940. The summed E-state index contributed by atoms with van der Waals surface area (Å²) in [4.78, 5) is 37.2. The van der Waals surface area contributed by atoms with E-state index >= 15 is 0 Å². The molecule has 1 aliphatic heterocycles. The molecule has 0 radical (unpaired) electrons. The largest absolute Gasteiger partial charge is 0.465 e. The second-order valence-electron chi connectivity index (χ2n) is 6.86. The van der Waals surface area contributed by atoms with E-state index in [2.05, 4.69) is 15.0 Å². The number of hydrogen-bond acceptors (Lipinski definition) is 7. The van der Waals surface area contributed by atoms with Crippen molar-refractivity contribution in [3.05, 3.63) is 74.8 Å². The molecule has 9 heteroatoms. The van der Waals surface area contributed by atoms with Crippen LogP contribution in [-0.2, 0) is 22.6 Å². The molecule has 2 aromatic carbocycles. The van der Waals surface area contributed by atoms with Crippen molar-refractivity contribution in [1.82, 2.24) is 10.2 Å². The number of nitrogens with zero attached hydrogens (tertiary/aromatic N) is 2. The summed E-state index contributed by atoms with van der Waals surface area (Å²) in [6.07, 6.45) is 0. The van der Waals surface area contributed by atoms with Crippen molar-refractivity contribution in [3.8, 4) is 0 Å². The van der Waals surface area contributed by atoms with Crippen molar-refractivity contribution in [2.24, 2.45) is 0 Å². The highest BCUT2D eigenvalue weighted by atomic mass is 16.6. The fourth-order valence-corrected chi connectivity index (χ4v) is 3.25. The van der Waals surface area contributed by atoms with Gasteiger partial charge in [0.15, 0.2) is 0 Å². The van der Waals surface area contributed by atoms with Crippen LogP contribution < -0.4 is 5.32 Å². The number of esters is 1. The number of benzene rings is 2. The van der Waals surface area contributed by atoms with Gasteiger partial charge in [-0.15, -0.1) is 0 Å². The van der Waals surface area contributed by atoms with Crippen LogP contribution in [0, 0.1) is 10.1 Å². The molecule has 1 heterocycles. The lowest BCUT2D eigenvalue weighted by Gasteiger charge is -2.27. The predicted molar refractivity (Wildman–Crippen MR) is 108 cm³/mol. The minimum atomic E-state index is -0.747. The van der Waals surface area contributed by atoms with E-state index in [0.29, 0.717) is 13.2 Å². The van der Waals surface area contributed by atoms with Crippen LogP contribution in [0.25, 0.3) is 0 Å². The Balaban J connectivity index is 1.73. The SMILES string of the molecule is COC(=O)c1cc(C(=O)NCc2ccccc2CN2CCOCC2)cc([N+](=O)[O-])c1. The molecule has 1 fully saturated rings. The Morgan fingerprint density at radius 1 is 1.13 bits per heavy atom. The molecule has 3 rings (SSSR count). The van der Waals surface area contributed by atoms with Gasteiger partial charge in [0.25, 0.3) is 11.6 Å². The van der Waals surface area contributed by atoms with Crippen LogP contribution in [0.3, 0.4) is 0 Å². The summed E-state index contributed by atoms with van der Waals surface area (Å²) >= 11 is 0. The fourth-order valence-electron chi connectivity index (χ4n) is 3.25. The number of nitrogens with one attached hydrogen (secondary N) is 1. The maximum absolute atomic E-state index is 12.6. The first-order valence-corrected chi connectivity index (χ1v) is 9.51. The van der Waals surface area contributed by atoms with E-state index in [-0.39, 0.29) is 23.4 Å². The molecule has 1 N–H and O–H groups in total. The van der Waals surface area contributed by atoms with Gasteiger partial charge < -0.3 is 14.8 Å². The van der Waals surface area contributed by atoms with Crippen molar-refractivity contribution in [2.45, 2.75) is 13.1 Å². The Kier molecular flexibility index (Phi) is 7.10. The summed E-state index contributed by atoms with van der Waals surface area (Å²) in [5, 5.41) is 13.9. The second-order valence-corrected chi connectivity index (χ2v) is 6.86. The monoisotopic (exact) mass is 413 g/mol. The Hall–Kier alpha value is -3.30. The number of nitro benzene ring substituents is 1. The minimum absolute atomic E-state index is 0.0234. The molecular weight excluding hydrogens is 390 g/mol. The molecule has 1 amide bonds. The lowest BCUT2D eigenvalue weighted by Crippen LogP contribution is -2.36. The number of morpholine rings is 1. The summed E-state index contributed by atoms with van der Waals surface area (Å²) in [7, 11) is 1.17. The number of non-ortho nitro benzene ring substituents is 1. The molecule has 0 spiro atoms. The van der Waals surface area contributed by atoms with Crippen LogP contribution in [0.2, 0.25) is 0 Å². The Morgan fingerprint density at radius 3 is 2.47 bits per heavy atom. The summed E-state index contributed by atoms with van der Waals surface area (Å²) in [5.74, 6) is -1.26. The average Bonchev–Trinajstić information content (AvgIpc) is 2.78. The van der Waals surface area contributed by atoms with Gasteiger partial charge >= 0.3 is 5.97 Å². The fraction of sp³-hybridized carbons (Fsp3) is 0.333. The van der Waals surface area contributed by atoms with Gasteiger partial charge in [-0.2, -0.15) is 0 Å². The molecule has 0 atom stereocenters. The molecule has 0 aromatic heterocycles. The van der Waals surface area contributed by atoms with E-state index in [1.165, 1.54) is 13.2 Å². The van der Waals surface area contributed by atoms with Crippen LogP contribution >= 0.6 is 0 Å². The van der Waals surface area contributed by atoms with E-state index in [1.807, 2.05) is 24.3 Å². The number of hydrogen-bond donors (Lipinski definition) is 1. The quantitative estimate of drug-likeness (QED) is 0.421. The van der Waals surface area contributed by atoms with Crippen molar-refractivity contribution < 1.29 is 24.0 Å². The molecule has 0 aliphatic carbocycles. The number of methoxy groups -OCH3 is 1. The van der Waals surface area contributed by atoms with E-state index in [1.54, 1.807) is 0 Å². The zero-order valence-corrected chi connectivity index (χ0v) is 16.6. The number of rotatable bonds is 7. The maximum Gasteiger partial charge on any atom is 0.338 e. The van der Waals surface area contributed by atoms with E-state index in [0.717, 1.165) is 42.9 Å². The molecule has 0 bridgehead atoms. The maximum atomic E-state index is 12.6. The summed E-state index contributed by atoms with van der Waals surface area (Å²) in [6, 6.07) is 11.3. The van der Waals surface area contributed by atoms with Gasteiger partial charge in [-0.3, -0.25) is 19.8 Å². The Morgan fingerprint density at radius 2 is 1.80 bits per heavy atom. The highest BCUT2D eigenvalue weighted by Crippen LogP contribution is 2.19. The average molecular weight is 413 g/mol. The highest BCUT2D eigenvalue weighted by Gasteiger charge is 2.19. The van der Waals surface area contributed by atoms with E-state index in [4.69, 9.17) is 4.74 Å². The van der Waals surface area contributed by atoms with Gasteiger partial charge in [-0.05, 0) is 17.2 Å². The van der Waals surface area contributed by atoms with Gasteiger partial charge in [0, 0.05) is 43.9 Å². The first-order valence-electron chi connectivity index (χ1n) is 9.51. The molecular formula is C21H23N3O6. The first kappa shape index (κ1) is 21.4. The van der Waals surface area contributed by atoms with Crippen molar-refractivity contribution in [2.75, 3.05) is 33.4 Å². The molecule has 1 aliphatic rings. The topological polar surface area (TPSA) is 111 Å². The van der Waals surface area contributed by atoms with Gasteiger partial charge in [0.05, 0.1) is 30.8 Å². The summed E-state index contributed by atoms with van der Waals surface area (Å²) in [6.45, 7) is 4.12. The standard InChI is InChI=1S/C21H23N3O6/c1-29-21(26)18-10-17(11-19(12-18)24(27)28)20(25)22-13-15-4-2-3-5-16(15)14-23-6-8-30-9-7-23/h2-5,10-12H,6-9,13-14H2,1H3,(H,22,25). The smallest absolute Gasteiger partial charge is 0.338 e. The zero-order valence-electron chi connectivity index (χ0n) is 16.6. The number of amides is 1. The molecule has 0 unspecified atom stereocenters. The van der Waals surface area contributed by atoms with Crippen molar-refractivity contribution >= 4 is 17.6 Å². The highest BCUT2D eigenvalue weighted by molar-refractivity contribution is 5.98. The summed E-state index contributed by atoms with van der Waals surface area (Å²) < 4.78 is 9.99. The lowest BCUT2D eigenvalue weighted by molar-refractivity contribution is -0.384. The van der Waals surface area contributed by atoms with E-state index in [9.17, 15) is 19.7 Å². The van der Waals surface area contributed by atoms with Crippen molar-refractivity contribution in [3.63, 3.8) is 0 Å². The van der Waals surface area contributed by atoms with Gasteiger partial charge in [0.1, 0.15) is 0 Å². The molecule has 9 nitrogen and oxygen atoms in total. The zero-order chi connectivity index (χ0) is 21.5. The molecule has 158 valence electrons. The lowest BCUT2D eigenvalue weighted by atomic mass is 10.1. The third-order valence-corrected chi connectivity index (χ3v) is 4.87. The van der Waals surface area contributed by atoms with Crippen molar-refractivity contribution in [1.29, 1.82) is 0 Å². The third-order valence-electron chi connectivity index (χ3n) is 4.87. The number of carbonyl (C=O) groups excluding carboxylic acids is 2. The first-order chi connectivity index (χ1) is 14.5. The molecule has 2 aromatic rings. The number of nitro groups is 1. The molecule has 30 heavy (non-hydrogen) atoms. The predicted octanol–water partition coefficient (Wildman–Crippen LogP) is 2.14. The van der Waals surface area contributed by atoms with E-state index < -0.39 is 16.8 Å². The van der Waals surface area contributed by atoms with Crippen LogP contribution in [0.15, 0.2) is 42.5 Å². The molecule has 1 saturated heterocycles.